The van der Waals surface area contributed by atoms with Gasteiger partial charge in [0.2, 0.25) is 5.88 Å². The number of carbonyl (C=O) groups excluding carboxylic acids is 2. The highest BCUT2D eigenvalue weighted by atomic mass is 32.2. The van der Waals surface area contributed by atoms with Crippen molar-refractivity contribution in [3.63, 3.8) is 0 Å². The Kier molecular flexibility index (Phi) is 4.31. The summed E-state index contributed by atoms with van der Waals surface area (Å²) in [4.78, 5) is 29.6. The zero-order valence-corrected chi connectivity index (χ0v) is 10.6. The summed E-state index contributed by atoms with van der Waals surface area (Å²) in [5.41, 5.74) is 9.52. The molecule has 1 rings (SSSR count). The van der Waals surface area contributed by atoms with E-state index >= 15 is 0 Å². The number of thioether (sulfide) groups is 1. The lowest BCUT2D eigenvalue weighted by Gasteiger charge is -2.21. The lowest BCUT2D eigenvalue weighted by atomic mass is 10.4. The molecule has 0 aliphatic carbocycles. The summed E-state index contributed by atoms with van der Waals surface area (Å²) in [7, 11) is 0. The van der Waals surface area contributed by atoms with E-state index in [0.29, 0.717) is 10.0 Å². The van der Waals surface area contributed by atoms with E-state index in [1.807, 2.05) is 0 Å². The lowest BCUT2D eigenvalue weighted by molar-refractivity contribution is 0.252. The molecule has 0 atom stereocenters. The minimum Gasteiger partial charge on any atom is -0.492 e. The van der Waals surface area contributed by atoms with E-state index in [2.05, 4.69) is 9.97 Å². The Labute approximate surface area is 111 Å². The summed E-state index contributed by atoms with van der Waals surface area (Å²) in [6.07, 6.45) is 1.62. The summed E-state index contributed by atoms with van der Waals surface area (Å²) in [6.45, 7) is 0. The van der Waals surface area contributed by atoms with Gasteiger partial charge < -0.3 is 16.6 Å². The zero-order chi connectivity index (χ0) is 14.7. The maximum atomic E-state index is 11.1. The summed E-state index contributed by atoms with van der Waals surface area (Å²) < 4.78 is 0. The molecule has 0 unspecified atom stereocenters. The van der Waals surface area contributed by atoms with Crippen LogP contribution in [-0.4, -0.2) is 33.4 Å². The summed E-state index contributed by atoms with van der Waals surface area (Å²) in [5, 5.41) is 10.6. The lowest BCUT2D eigenvalue weighted by Crippen LogP contribution is -2.46. The number of aromatic hydroxyl groups is 1. The van der Waals surface area contributed by atoms with Gasteiger partial charge in [0, 0.05) is 0 Å². The molecule has 0 bridgehead atoms. The average Bonchev–Trinajstić information content (AvgIpc) is 2.35. The molecule has 1 aromatic heterocycles. The minimum atomic E-state index is -1.12. The van der Waals surface area contributed by atoms with Crippen LogP contribution in [0.25, 0.3) is 0 Å². The van der Waals surface area contributed by atoms with Gasteiger partial charge in [0.05, 0.1) is 0 Å². The van der Waals surface area contributed by atoms with Gasteiger partial charge in [0.1, 0.15) is 0 Å². The predicted molar refractivity (Wildman–Crippen MR) is 68.0 cm³/mol. The quantitative estimate of drug-likeness (QED) is 0.145. The number of urea groups is 2. The maximum Gasteiger partial charge on any atom is 0.335 e. The van der Waals surface area contributed by atoms with Crippen molar-refractivity contribution in [1.29, 1.82) is 0 Å². The number of rotatable bonds is 3. The molecule has 0 saturated carbocycles. The molecular weight excluding hydrogens is 276 g/mol. The van der Waals surface area contributed by atoms with Crippen molar-refractivity contribution in [2.24, 2.45) is 23.2 Å². The van der Waals surface area contributed by atoms with Crippen molar-refractivity contribution in [3.8, 4) is 5.88 Å². The number of carbonyl (C=O) groups is 2. The molecule has 104 valence electrons. The smallest absolute Gasteiger partial charge is 0.335 e. The number of primary amides is 2. The Morgan fingerprint density at radius 3 is 2.11 bits per heavy atom. The Morgan fingerprint density at radius 1 is 1.16 bits per heavy atom. The molecule has 9 N–H and O–H groups in total. The van der Waals surface area contributed by atoms with E-state index in [4.69, 9.17) is 23.2 Å². The van der Waals surface area contributed by atoms with Gasteiger partial charge in [-0.1, -0.05) is 11.8 Å². The van der Waals surface area contributed by atoms with Gasteiger partial charge in [-0.2, -0.15) is 4.98 Å². The standard InChI is InChI=1S/C7H12N8O3S/c1-19-7-12-3(15(11)6(9)18)2(4(16)13-7)14(10)5(8)17/h10-11H2,1H3,(H2,8,17)(H2,9,18)(H,12,13,16). The number of amides is 4. The number of hydrogen-bond acceptors (Lipinski definition) is 8. The van der Waals surface area contributed by atoms with Crippen LogP contribution in [0, 0.1) is 0 Å². The Morgan fingerprint density at radius 2 is 1.68 bits per heavy atom. The molecule has 0 fully saturated rings. The fourth-order valence-electron chi connectivity index (χ4n) is 1.10. The van der Waals surface area contributed by atoms with E-state index in [9.17, 15) is 14.7 Å². The average molecular weight is 288 g/mol. The van der Waals surface area contributed by atoms with Gasteiger partial charge in [0.25, 0.3) is 0 Å². The first-order valence-corrected chi connectivity index (χ1v) is 5.85. The van der Waals surface area contributed by atoms with E-state index in [0.717, 1.165) is 11.8 Å². The molecule has 0 radical (unpaired) electrons. The van der Waals surface area contributed by atoms with Crippen LogP contribution in [0.1, 0.15) is 0 Å². The first-order chi connectivity index (χ1) is 8.79. The number of hydrogen-bond donors (Lipinski definition) is 5. The highest BCUT2D eigenvalue weighted by molar-refractivity contribution is 7.98. The Hall–Kier alpha value is -2.31. The predicted octanol–water partition coefficient (Wildman–Crippen LogP) is -1.58. The van der Waals surface area contributed by atoms with Crippen LogP contribution in [0.15, 0.2) is 5.16 Å². The number of hydrazine groups is 2. The van der Waals surface area contributed by atoms with Gasteiger partial charge in [-0.25, -0.2) is 36.3 Å². The third-order valence-corrected chi connectivity index (χ3v) is 2.50. The van der Waals surface area contributed by atoms with Crippen LogP contribution in [-0.2, 0) is 0 Å². The van der Waals surface area contributed by atoms with Crippen LogP contribution in [0.5, 0.6) is 5.88 Å². The second-order valence-corrected chi connectivity index (χ2v) is 3.90. The van der Waals surface area contributed by atoms with Crippen molar-refractivity contribution in [1.82, 2.24) is 9.97 Å². The van der Waals surface area contributed by atoms with Gasteiger partial charge in [-0.15, -0.1) is 0 Å². The third-order valence-electron chi connectivity index (χ3n) is 1.95. The molecule has 19 heavy (non-hydrogen) atoms. The first kappa shape index (κ1) is 14.7. The van der Waals surface area contributed by atoms with Gasteiger partial charge >= 0.3 is 12.1 Å². The number of aromatic nitrogens is 2. The van der Waals surface area contributed by atoms with E-state index in [-0.39, 0.29) is 11.0 Å². The van der Waals surface area contributed by atoms with Crippen molar-refractivity contribution in [2.45, 2.75) is 5.16 Å². The summed E-state index contributed by atoms with van der Waals surface area (Å²) in [6, 6.07) is -2.20. The van der Waals surface area contributed by atoms with Gasteiger partial charge in [0.15, 0.2) is 16.7 Å². The SMILES string of the molecule is CSc1nc(O)c(N(N)C(N)=O)c(N(N)C(N)=O)n1. The van der Waals surface area contributed by atoms with Crippen LogP contribution in [0.4, 0.5) is 21.1 Å². The largest absolute Gasteiger partial charge is 0.492 e. The zero-order valence-electron chi connectivity index (χ0n) is 9.77. The molecule has 11 nitrogen and oxygen atoms in total. The number of anilines is 2. The molecular formula is C7H12N8O3S. The highest BCUT2D eigenvalue weighted by Gasteiger charge is 2.26. The normalized spacial score (nSPS) is 10.1. The fraction of sp³-hybridized carbons (Fsp3) is 0.143. The van der Waals surface area contributed by atoms with E-state index < -0.39 is 23.6 Å². The van der Waals surface area contributed by atoms with Crippen molar-refractivity contribution >= 4 is 35.3 Å². The third kappa shape index (κ3) is 2.93. The molecule has 4 amide bonds. The Balaban J connectivity index is 3.50. The molecule has 1 aromatic rings. The van der Waals surface area contributed by atoms with Crippen LogP contribution < -0.4 is 33.2 Å². The van der Waals surface area contributed by atoms with Crippen LogP contribution in [0.2, 0.25) is 0 Å². The van der Waals surface area contributed by atoms with Crippen molar-refractivity contribution in [3.05, 3.63) is 0 Å². The molecule has 0 aliphatic heterocycles. The molecule has 0 saturated heterocycles. The number of nitrogens with two attached hydrogens (primary N) is 4. The van der Waals surface area contributed by atoms with Crippen LogP contribution in [0.3, 0.4) is 0 Å². The molecule has 0 aliphatic rings. The molecule has 0 spiro atoms. The highest BCUT2D eigenvalue weighted by Crippen LogP contribution is 2.34. The number of nitrogens with zero attached hydrogens (tertiary/aromatic N) is 4. The monoisotopic (exact) mass is 288 g/mol. The fourth-order valence-corrected chi connectivity index (χ4v) is 1.46. The second-order valence-electron chi connectivity index (χ2n) is 3.12. The topological polar surface area (TPSA) is 191 Å². The molecule has 0 aromatic carbocycles. The maximum absolute atomic E-state index is 11.1. The van der Waals surface area contributed by atoms with Crippen LogP contribution >= 0.6 is 11.8 Å². The van der Waals surface area contributed by atoms with E-state index in [1.54, 1.807) is 6.26 Å². The van der Waals surface area contributed by atoms with Gasteiger partial charge in [-0.05, 0) is 6.26 Å². The summed E-state index contributed by atoms with van der Waals surface area (Å²) in [5.74, 6) is 9.70. The van der Waals surface area contributed by atoms with E-state index in [1.165, 1.54) is 0 Å². The minimum absolute atomic E-state index is 0.0887. The molecule has 12 heteroatoms. The van der Waals surface area contributed by atoms with Gasteiger partial charge in [-0.3, -0.25) is 0 Å². The van der Waals surface area contributed by atoms with Crippen molar-refractivity contribution in [2.75, 3.05) is 16.3 Å². The summed E-state index contributed by atoms with van der Waals surface area (Å²) >= 11 is 1.06. The Bertz CT molecular complexity index is 523. The second kappa shape index (κ2) is 5.55. The van der Waals surface area contributed by atoms with Crippen molar-refractivity contribution < 1.29 is 14.7 Å². The molecule has 1 heterocycles. The first-order valence-electron chi connectivity index (χ1n) is 4.63.